The average molecular weight is 506 g/mol. The Labute approximate surface area is 188 Å². The molecular formula is C22H27IN4O2. The summed E-state index contributed by atoms with van der Waals surface area (Å²) in [5.41, 5.74) is 9.47. The minimum Gasteiger partial charge on any atom is -0.493 e. The van der Waals surface area contributed by atoms with E-state index >= 15 is 0 Å². The summed E-state index contributed by atoms with van der Waals surface area (Å²) in [6, 6.07) is 16.3. The number of hydrogen-bond donors (Lipinski definition) is 2. The molecule has 3 N–H and O–H groups in total. The number of carbonyl (C=O) groups excluding carboxylic acids is 1. The molecule has 0 bridgehead atoms. The highest BCUT2D eigenvalue weighted by Gasteiger charge is 2.21. The van der Waals surface area contributed by atoms with Crippen LogP contribution in [0.25, 0.3) is 0 Å². The van der Waals surface area contributed by atoms with Gasteiger partial charge in [-0.25, -0.2) is 4.99 Å². The van der Waals surface area contributed by atoms with Gasteiger partial charge in [0.15, 0.2) is 5.96 Å². The zero-order valence-corrected chi connectivity index (χ0v) is 18.7. The summed E-state index contributed by atoms with van der Waals surface area (Å²) in [5.74, 6) is 1.58. The molecule has 2 heterocycles. The van der Waals surface area contributed by atoms with Gasteiger partial charge in [-0.05, 0) is 23.6 Å². The summed E-state index contributed by atoms with van der Waals surface area (Å²) in [7, 11) is 0. The van der Waals surface area contributed by atoms with Crippen molar-refractivity contribution in [3.05, 3.63) is 65.2 Å². The number of benzene rings is 2. The third-order valence-corrected chi connectivity index (χ3v) is 5.25. The predicted octanol–water partition coefficient (Wildman–Crippen LogP) is 3.36. The molecule has 1 unspecified atom stereocenters. The van der Waals surface area contributed by atoms with E-state index in [4.69, 9.17) is 10.5 Å². The van der Waals surface area contributed by atoms with Crippen LogP contribution in [-0.4, -0.2) is 29.9 Å². The zero-order valence-electron chi connectivity index (χ0n) is 16.3. The molecule has 0 aromatic heterocycles. The van der Waals surface area contributed by atoms with E-state index in [1.165, 1.54) is 0 Å². The van der Waals surface area contributed by atoms with Crippen LogP contribution in [0.5, 0.6) is 5.75 Å². The molecule has 6 nitrogen and oxygen atoms in total. The highest BCUT2D eigenvalue weighted by Crippen LogP contribution is 2.31. The van der Waals surface area contributed by atoms with Crippen molar-refractivity contribution >= 4 is 35.8 Å². The summed E-state index contributed by atoms with van der Waals surface area (Å²) < 4.78 is 5.69. The molecule has 1 amide bonds. The van der Waals surface area contributed by atoms with E-state index in [1.54, 1.807) is 0 Å². The number of nitrogens with one attached hydrogen (secondary N) is 1. The standard InChI is InChI=1S/C22H26N4O2.HI/c23-22(25-19-10-12-28-20-8-2-1-7-18(19)20)24-14-16-5-3-6-17(13-16)15-26-11-4-9-21(26)27;/h1-3,5-8,13,19H,4,9-12,14-15H2,(H3,23,24,25);1H. The molecule has 29 heavy (non-hydrogen) atoms. The Morgan fingerprint density at radius 2 is 2.03 bits per heavy atom. The number of fused-ring (bicyclic) bond motifs is 1. The van der Waals surface area contributed by atoms with Gasteiger partial charge in [0.1, 0.15) is 5.75 Å². The number of para-hydroxylation sites is 1. The number of guanidine groups is 1. The lowest BCUT2D eigenvalue weighted by molar-refractivity contribution is -0.128. The van der Waals surface area contributed by atoms with Crippen LogP contribution in [0.3, 0.4) is 0 Å². The number of ether oxygens (including phenoxy) is 1. The molecule has 2 aliphatic heterocycles. The van der Waals surface area contributed by atoms with E-state index in [9.17, 15) is 4.79 Å². The Bertz CT molecular complexity index is 887. The van der Waals surface area contributed by atoms with Crippen LogP contribution < -0.4 is 15.8 Å². The molecule has 0 aliphatic carbocycles. The number of aliphatic imine (C=N–C) groups is 1. The van der Waals surface area contributed by atoms with Crippen molar-refractivity contribution in [3.63, 3.8) is 0 Å². The zero-order chi connectivity index (χ0) is 19.3. The van der Waals surface area contributed by atoms with Gasteiger partial charge in [0.25, 0.3) is 0 Å². The summed E-state index contributed by atoms with van der Waals surface area (Å²) >= 11 is 0. The van der Waals surface area contributed by atoms with Gasteiger partial charge in [0.05, 0.1) is 19.2 Å². The molecule has 1 fully saturated rings. The topological polar surface area (TPSA) is 80.0 Å². The summed E-state index contributed by atoms with van der Waals surface area (Å²) in [4.78, 5) is 18.3. The first-order chi connectivity index (χ1) is 13.7. The molecule has 2 aromatic rings. The maximum atomic E-state index is 11.8. The van der Waals surface area contributed by atoms with E-state index in [2.05, 4.69) is 28.5 Å². The van der Waals surface area contributed by atoms with Gasteiger partial charge in [-0.3, -0.25) is 4.79 Å². The summed E-state index contributed by atoms with van der Waals surface area (Å²) in [6.45, 7) is 2.69. The Balaban J connectivity index is 0.00000240. The summed E-state index contributed by atoms with van der Waals surface area (Å²) in [6.07, 6.45) is 2.48. The number of amides is 1. The van der Waals surface area contributed by atoms with Crippen molar-refractivity contribution in [3.8, 4) is 5.75 Å². The van der Waals surface area contributed by atoms with Gasteiger partial charge < -0.3 is 20.7 Å². The summed E-state index contributed by atoms with van der Waals surface area (Å²) in [5, 5.41) is 3.32. The Morgan fingerprint density at radius 1 is 1.21 bits per heavy atom. The molecule has 2 aromatic carbocycles. The number of carbonyl (C=O) groups is 1. The second-order valence-corrected chi connectivity index (χ2v) is 7.31. The fraction of sp³-hybridized carbons (Fsp3) is 0.364. The maximum Gasteiger partial charge on any atom is 0.222 e. The first-order valence-electron chi connectivity index (χ1n) is 9.83. The predicted molar refractivity (Wildman–Crippen MR) is 124 cm³/mol. The smallest absolute Gasteiger partial charge is 0.222 e. The quantitative estimate of drug-likeness (QED) is 0.371. The fourth-order valence-electron chi connectivity index (χ4n) is 3.81. The molecule has 0 saturated carbocycles. The van der Waals surface area contributed by atoms with Crippen molar-refractivity contribution in [1.82, 2.24) is 10.2 Å². The molecule has 0 radical (unpaired) electrons. The van der Waals surface area contributed by atoms with E-state index in [0.29, 0.717) is 32.1 Å². The van der Waals surface area contributed by atoms with Gasteiger partial charge in [-0.2, -0.15) is 0 Å². The van der Waals surface area contributed by atoms with Gasteiger partial charge in [0.2, 0.25) is 5.91 Å². The van der Waals surface area contributed by atoms with Crippen molar-refractivity contribution in [2.75, 3.05) is 13.2 Å². The van der Waals surface area contributed by atoms with Crippen LogP contribution in [0.2, 0.25) is 0 Å². The van der Waals surface area contributed by atoms with E-state index < -0.39 is 0 Å². The van der Waals surface area contributed by atoms with E-state index in [-0.39, 0.29) is 35.9 Å². The third-order valence-electron chi connectivity index (χ3n) is 5.25. The Hall–Kier alpha value is -2.29. The number of halogens is 1. The average Bonchev–Trinajstić information content (AvgIpc) is 3.11. The second-order valence-electron chi connectivity index (χ2n) is 7.31. The number of likely N-dealkylation sites (tertiary alicyclic amines) is 1. The molecule has 2 aliphatic rings. The fourth-order valence-corrected chi connectivity index (χ4v) is 3.81. The first-order valence-corrected chi connectivity index (χ1v) is 9.83. The van der Waals surface area contributed by atoms with Crippen LogP contribution in [0.1, 0.15) is 42.0 Å². The van der Waals surface area contributed by atoms with E-state index in [0.717, 1.165) is 41.8 Å². The lowest BCUT2D eigenvalue weighted by Crippen LogP contribution is -2.37. The normalized spacial score (nSPS) is 18.6. The van der Waals surface area contributed by atoms with Crippen LogP contribution in [0.15, 0.2) is 53.5 Å². The highest BCUT2D eigenvalue weighted by atomic mass is 127. The monoisotopic (exact) mass is 506 g/mol. The molecule has 1 saturated heterocycles. The lowest BCUT2D eigenvalue weighted by atomic mass is 10.0. The van der Waals surface area contributed by atoms with Gasteiger partial charge >= 0.3 is 0 Å². The molecule has 7 heteroatoms. The van der Waals surface area contributed by atoms with Crippen LogP contribution in [0, 0.1) is 0 Å². The molecule has 154 valence electrons. The largest absolute Gasteiger partial charge is 0.493 e. The highest BCUT2D eigenvalue weighted by molar-refractivity contribution is 14.0. The van der Waals surface area contributed by atoms with Crippen molar-refractivity contribution < 1.29 is 9.53 Å². The number of hydrogen-bond acceptors (Lipinski definition) is 3. The van der Waals surface area contributed by atoms with Crippen molar-refractivity contribution in [2.45, 2.75) is 38.4 Å². The molecule has 1 atom stereocenters. The third kappa shape index (κ3) is 5.41. The maximum absolute atomic E-state index is 11.8. The molecular weight excluding hydrogens is 479 g/mol. The SMILES string of the molecule is I.NC(=NCc1cccc(CN2CCCC2=O)c1)NC1CCOc2ccccc21. The lowest BCUT2D eigenvalue weighted by Gasteiger charge is -2.26. The van der Waals surface area contributed by atoms with Crippen LogP contribution >= 0.6 is 24.0 Å². The van der Waals surface area contributed by atoms with Gasteiger partial charge in [0, 0.05) is 31.5 Å². The van der Waals surface area contributed by atoms with Crippen LogP contribution in [-0.2, 0) is 17.9 Å². The van der Waals surface area contributed by atoms with Gasteiger partial charge in [-0.1, -0.05) is 42.5 Å². The first kappa shape index (κ1) is 21.4. The number of rotatable bonds is 5. The second kappa shape index (κ2) is 9.96. The van der Waals surface area contributed by atoms with Crippen LogP contribution in [0.4, 0.5) is 0 Å². The number of nitrogens with zero attached hydrogens (tertiary/aromatic N) is 2. The minimum atomic E-state index is 0. The van der Waals surface area contributed by atoms with Crippen molar-refractivity contribution in [1.29, 1.82) is 0 Å². The minimum absolute atomic E-state index is 0. The van der Waals surface area contributed by atoms with E-state index in [1.807, 2.05) is 35.2 Å². The molecule has 4 rings (SSSR count). The Morgan fingerprint density at radius 3 is 2.86 bits per heavy atom. The number of nitrogens with two attached hydrogens (primary N) is 1. The van der Waals surface area contributed by atoms with Crippen molar-refractivity contribution in [2.24, 2.45) is 10.7 Å². The molecule has 0 spiro atoms. The Kier molecular flexibility index (Phi) is 7.35. The van der Waals surface area contributed by atoms with Gasteiger partial charge in [-0.15, -0.1) is 24.0 Å².